The summed E-state index contributed by atoms with van der Waals surface area (Å²) in [6.07, 6.45) is 4.26. The van der Waals surface area contributed by atoms with Gasteiger partial charge in [0.15, 0.2) is 0 Å². The molecular formula is C11H23N3O. The third-order valence-corrected chi connectivity index (χ3v) is 3.22. The molecule has 0 aromatic carbocycles. The van der Waals surface area contributed by atoms with Crippen LogP contribution in [0.4, 0.5) is 0 Å². The van der Waals surface area contributed by atoms with Crippen molar-refractivity contribution in [2.45, 2.75) is 25.7 Å². The fourth-order valence-corrected chi connectivity index (χ4v) is 2.12. The van der Waals surface area contributed by atoms with Crippen LogP contribution in [0.25, 0.3) is 0 Å². The van der Waals surface area contributed by atoms with Gasteiger partial charge in [-0.25, -0.2) is 0 Å². The van der Waals surface area contributed by atoms with Crippen LogP contribution < -0.4 is 11.1 Å². The summed E-state index contributed by atoms with van der Waals surface area (Å²) in [5.41, 5.74) is 5.54. The summed E-state index contributed by atoms with van der Waals surface area (Å²) >= 11 is 0. The van der Waals surface area contributed by atoms with Gasteiger partial charge >= 0.3 is 0 Å². The molecule has 0 aromatic heterocycles. The van der Waals surface area contributed by atoms with Crippen LogP contribution in [-0.4, -0.2) is 44.0 Å². The Labute approximate surface area is 92.2 Å². The predicted molar refractivity (Wildman–Crippen MR) is 61.5 cm³/mol. The normalized spacial score (nSPS) is 19.1. The van der Waals surface area contributed by atoms with Crippen LogP contribution >= 0.6 is 0 Å². The van der Waals surface area contributed by atoms with E-state index in [1.165, 1.54) is 12.8 Å². The van der Waals surface area contributed by atoms with Crippen molar-refractivity contribution in [1.82, 2.24) is 10.2 Å². The number of rotatable bonds is 5. The Balaban J connectivity index is 2.12. The Kier molecular flexibility index (Phi) is 5.65. The topological polar surface area (TPSA) is 58.4 Å². The third-order valence-electron chi connectivity index (χ3n) is 3.22. The Morgan fingerprint density at radius 2 is 2.13 bits per heavy atom. The maximum Gasteiger partial charge on any atom is 0.221 e. The number of nitrogens with two attached hydrogens (primary N) is 1. The summed E-state index contributed by atoms with van der Waals surface area (Å²) in [5.74, 6) is 0.949. The minimum absolute atomic E-state index is 0.138. The molecule has 0 bridgehead atoms. The molecule has 3 N–H and O–H groups in total. The number of hydrogen-bond acceptors (Lipinski definition) is 3. The minimum atomic E-state index is 0.138. The van der Waals surface area contributed by atoms with Gasteiger partial charge in [0.05, 0.1) is 0 Å². The highest BCUT2D eigenvalue weighted by atomic mass is 16.1. The monoisotopic (exact) mass is 213 g/mol. The Morgan fingerprint density at radius 3 is 2.67 bits per heavy atom. The van der Waals surface area contributed by atoms with Crippen molar-refractivity contribution in [2.75, 3.05) is 33.2 Å². The van der Waals surface area contributed by atoms with Gasteiger partial charge in [-0.15, -0.1) is 0 Å². The fourth-order valence-electron chi connectivity index (χ4n) is 2.12. The summed E-state index contributed by atoms with van der Waals surface area (Å²) in [7, 11) is 1.69. The number of nitrogens with one attached hydrogen (secondary N) is 1. The molecular weight excluding hydrogens is 190 g/mol. The highest BCUT2D eigenvalue weighted by Gasteiger charge is 2.18. The molecule has 1 saturated heterocycles. The summed E-state index contributed by atoms with van der Waals surface area (Å²) < 4.78 is 0. The number of carbonyl (C=O) groups is 1. The summed E-state index contributed by atoms with van der Waals surface area (Å²) in [5, 5.41) is 2.65. The van der Waals surface area contributed by atoms with E-state index in [2.05, 4.69) is 10.2 Å². The number of likely N-dealkylation sites (tertiary alicyclic amines) is 1. The van der Waals surface area contributed by atoms with Crippen molar-refractivity contribution in [3.05, 3.63) is 0 Å². The Hall–Kier alpha value is -0.610. The van der Waals surface area contributed by atoms with E-state index in [0.717, 1.165) is 38.5 Å². The lowest BCUT2D eigenvalue weighted by Crippen LogP contribution is -2.36. The van der Waals surface area contributed by atoms with E-state index in [4.69, 9.17) is 5.73 Å². The molecule has 0 unspecified atom stereocenters. The van der Waals surface area contributed by atoms with E-state index in [-0.39, 0.29) is 5.91 Å². The smallest absolute Gasteiger partial charge is 0.221 e. The molecule has 0 aromatic rings. The zero-order valence-electron chi connectivity index (χ0n) is 9.67. The quantitative estimate of drug-likeness (QED) is 0.685. The largest absolute Gasteiger partial charge is 0.359 e. The SMILES string of the molecule is CNC(=O)CCN1CCC(CCN)CC1. The van der Waals surface area contributed by atoms with Crippen LogP contribution in [0.1, 0.15) is 25.7 Å². The van der Waals surface area contributed by atoms with E-state index in [1.807, 2.05) is 0 Å². The van der Waals surface area contributed by atoms with Crippen molar-refractivity contribution in [2.24, 2.45) is 11.7 Å². The number of nitrogens with zero attached hydrogens (tertiary/aromatic N) is 1. The van der Waals surface area contributed by atoms with E-state index in [0.29, 0.717) is 6.42 Å². The van der Waals surface area contributed by atoms with E-state index >= 15 is 0 Å². The zero-order valence-corrected chi connectivity index (χ0v) is 9.67. The molecule has 0 aliphatic carbocycles. The van der Waals surface area contributed by atoms with E-state index < -0.39 is 0 Å². The van der Waals surface area contributed by atoms with Crippen molar-refractivity contribution >= 4 is 5.91 Å². The molecule has 0 spiro atoms. The maximum absolute atomic E-state index is 11.1. The molecule has 88 valence electrons. The first-order chi connectivity index (χ1) is 7.26. The van der Waals surface area contributed by atoms with Gasteiger partial charge in [-0.2, -0.15) is 0 Å². The standard InChI is InChI=1S/C11H23N3O/c1-13-11(15)5-9-14-7-3-10(2-6-12)4-8-14/h10H,2-9,12H2,1H3,(H,13,15). The van der Waals surface area contributed by atoms with Crippen LogP contribution in [0, 0.1) is 5.92 Å². The Bertz CT molecular complexity index is 188. The molecule has 4 nitrogen and oxygen atoms in total. The molecule has 1 rings (SSSR count). The lowest BCUT2D eigenvalue weighted by molar-refractivity contribution is -0.121. The van der Waals surface area contributed by atoms with Crippen molar-refractivity contribution in [1.29, 1.82) is 0 Å². The molecule has 0 saturated carbocycles. The van der Waals surface area contributed by atoms with Gasteiger partial charge in [0.25, 0.3) is 0 Å². The minimum Gasteiger partial charge on any atom is -0.359 e. The van der Waals surface area contributed by atoms with Gasteiger partial charge < -0.3 is 16.0 Å². The molecule has 1 aliphatic heterocycles. The molecule has 1 heterocycles. The summed E-state index contributed by atoms with van der Waals surface area (Å²) in [6.45, 7) is 3.96. The average Bonchev–Trinajstić information content (AvgIpc) is 2.28. The van der Waals surface area contributed by atoms with E-state index in [1.54, 1.807) is 7.05 Å². The average molecular weight is 213 g/mol. The second-order valence-corrected chi connectivity index (χ2v) is 4.29. The number of piperidine rings is 1. The zero-order chi connectivity index (χ0) is 11.1. The van der Waals surface area contributed by atoms with Gasteiger partial charge in [-0.1, -0.05) is 0 Å². The first kappa shape index (κ1) is 12.5. The second-order valence-electron chi connectivity index (χ2n) is 4.29. The molecule has 15 heavy (non-hydrogen) atoms. The van der Waals surface area contributed by atoms with E-state index in [9.17, 15) is 4.79 Å². The number of carbonyl (C=O) groups excluding carboxylic acids is 1. The van der Waals surface area contributed by atoms with Crippen molar-refractivity contribution < 1.29 is 4.79 Å². The van der Waals surface area contributed by atoms with Crippen molar-refractivity contribution in [3.8, 4) is 0 Å². The van der Waals surface area contributed by atoms with Crippen LogP contribution in [0.15, 0.2) is 0 Å². The number of amides is 1. The first-order valence-electron chi connectivity index (χ1n) is 5.89. The molecule has 0 atom stereocenters. The molecule has 1 fully saturated rings. The maximum atomic E-state index is 11.1. The molecule has 4 heteroatoms. The van der Waals surface area contributed by atoms with Crippen LogP contribution in [-0.2, 0) is 4.79 Å². The van der Waals surface area contributed by atoms with Crippen LogP contribution in [0.2, 0.25) is 0 Å². The van der Waals surface area contributed by atoms with Gasteiger partial charge in [-0.05, 0) is 44.8 Å². The lowest BCUT2D eigenvalue weighted by atomic mass is 9.93. The number of hydrogen-bond donors (Lipinski definition) is 2. The van der Waals surface area contributed by atoms with Crippen molar-refractivity contribution in [3.63, 3.8) is 0 Å². The van der Waals surface area contributed by atoms with Crippen LogP contribution in [0.3, 0.4) is 0 Å². The molecule has 1 aliphatic rings. The van der Waals surface area contributed by atoms with Gasteiger partial charge in [-0.3, -0.25) is 4.79 Å². The highest BCUT2D eigenvalue weighted by Crippen LogP contribution is 2.19. The second kappa shape index (κ2) is 6.80. The van der Waals surface area contributed by atoms with Crippen LogP contribution in [0.5, 0.6) is 0 Å². The molecule has 1 amide bonds. The summed E-state index contributed by atoms with van der Waals surface area (Å²) in [6, 6.07) is 0. The Morgan fingerprint density at radius 1 is 1.47 bits per heavy atom. The van der Waals surface area contributed by atoms with Gasteiger partial charge in [0, 0.05) is 20.0 Å². The lowest BCUT2D eigenvalue weighted by Gasteiger charge is -2.31. The van der Waals surface area contributed by atoms with Gasteiger partial charge in [0.1, 0.15) is 0 Å². The highest BCUT2D eigenvalue weighted by molar-refractivity contribution is 5.75. The van der Waals surface area contributed by atoms with Gasteiger partial charge in [0.2, 0.25) is 5.91 Å². The molecule has 0 radical (unpaired) electrons. The first-order valence-corrected chi connectivity index (χ1v) is 5.89. The summed E-state index contributed by atoms with van der Waals surface area (Å²) in [4.78, 5) is 13.4. The fraction of sp³-hybridized carbons (Fsp3) is 0.909. The predicted octanol–water partition coefficient (Wildman–Crippen LogP) is 0.183. The third kappa shape index (κ3) is 4.62.